The van der Waals surface area contributed by atoms with E-state index >= 15 is 0 Å². The summed E-state index contributed by atoms with van der Waals surface area (Å²) in [5.41, 5.74) is 4.67. The van der Waals surface area contributed by atoms with Crippen LogP contribution in [-0.2, 0) is 9.47 Å². The molecular formula is C6H11NO3. The molecule has 0 rings (SSSR count). The summed E-state index contributed by atoms with van der Waals surface area (Å²) in [6.45, 7) is 2.36. The van der Waals surface area contributed by atoms with Crippen molar-refractivity contribution in [3.63, 3.8) is 0 Å². The summed E-state index contributed by atoms with van der Waals surface area (Å²) in [5, 5.41) is 0. The molecule has 0 aromatic heterocycles. The van der Waals surface area contributed by atoms with Crippen molar-refractivity contribution in [3.8, 4) is 0 Å². The van der Waals surface area contributed by atoms with Crippen LogP contribution in [0.15, 0.2) is 12.3 Å². The maximum atomic E-state index is 9.96. The second-order valence-electron chi connectivity index (χ2n) is 1.51. The number of primary amides is 1. The van der Waals surface area contributed by atoms with Gasteiger partial charge in [0, 0.05) is 0 Å². The van der Waals surface area contributed by atoms with E-state index in [1.807, 2.05) is 6.92 Å². The van der Waals surface area contributed by atoms with E-state index < -0.39 is 6.09 Å². The smallest absolute Gasteiger partial charge is 0.404 e. The molecule has 0 aliphatic carbocycles. The molecule has 0 aliphatic rings. The summed E-state index contributed by atoms with van der Waals surface area (Å²) in [6.07, 6.45) is 2.48. The van der Waals surface area contributed by atoms with Gasteiger partial charge in [-0.25, -0.2) is 4.79 Å². The maximum absolute atomic E-state index is 9.96. The first kappa shape index (κ1) is 8.81. The average molecular weight is 145 g/mol. The number of allylic oxidation sites excluding steroid dienone is 1. The molecule has 10 heavy (non-hydrogen) atoms. The number of rotatable bonds is 4. The molecule has 0 fully saturated rings. The van der Waals surface area contributed by atoms with Crippen molar-refractivity contribution in [3.05, 3.63) is 12.3 Å². The average Bonchev–Trinajstić information content (AvgIpc) is 1.87. The Kier molecular flexibility index (Phi) is 5.23. The van der Waals surface area contributed by atoms with Gasteiger partial charge < -0.3 is 15.2 Å². The zero-order chi connectivity index (χ0) is 7.82. The topological polar surface area (TPSA) is 61.6 Å². The molecule has 0 aromatic rings. The van der Waals surface area contributed by atoms with Crippen LogP contribution in [0.3, 0.4) is 0 Å². The summed E-state index contributed by atoms with van der Waals surface area (Å²) >= 11 is 0. The Bertz CT molecular complexity index is 122. The first-order valence-electron chi connectivity index (χ1n) is 2.92. The zero-order valence-corrected chi connectivity index (χ0v) is 5.87. The highest BCUT2D eigenvalue weighted by Gasteiger charge is 1.90. The maximum Gasteiger partial charge on any atom is 0.404 e. The number of hydrogen-bond donors (Lipinski definition) is 1. The van der Waals surface area contributed by atoms with Gasteiger partial charge in [0.05, 0.1) is 6.26 Å². The van der Waals surface area contributed by atoms with Crippen LogP contribution in [0.25, 0.3) is 0 Å². The van der Waals surface area contributed by atoms with E-state index in [0.717, 1.165) is 0 Å². The Hall–Kier alpha value is -1.19. The van der Waals surface area contributed by atoms with Crippen molar-refractivity contribution in [2.45, 2.75) is 6.92 Å². The zero-order valence-electron chi connectivity index (χ0n) is 5.87. The lowest BCUT2D eigenvalue weighted by atomic mass is 10.7. The third-order valence-corrected chi connectivity index (χ3v) is 0.678. The van der Waals surface area contributed by atoms with E-state index in [1.165, 1.54) is 6.26 Å². The molecule has 0 spiro atoms. The monoisotopic (exact) mass is 145 g/mol. The molecule has 4 heteroatoms. The molecular weight excluding hydrogens is 134 g/mol. The molecule has 0 atom stereocenters. The lowest BCUT2D eigenvalue weighted by molar-refractivity contribution is 0.120. The van der Waals surface area contributed by atoms with Crippen LogP contribution in [0.5, 0.6) is 0 Å². The van der Waals surface area contributed by atoms with Gasteiger partial charge in [0.15, 0.2) is 0 Å². The van der Waals surface area contributed by atoms with E-state index in [1.54, 1.807) is 6.08 Å². The van der Waals surface area contributed by atoms with E-state index in [4.69, 9.17) is 4.74 Å². The van der Waals surface area contributed by atoms with Gasteiger partial charge in [0.1, 0.15) is 13.2 Å². The molecule has 0 bridgehead atoms. The fourth-order valence-corrected chi connectivity index (χ4v) is 0.355. The predicted molar refractivity (Wildman–Crippen MR) is 36.3 cm³/mol. The molecule has 0 aromatic carbocycles. The van der Waals surface area contributed by atoms with Crippen molar-refractivity contribution >= 4 is 6.09 Å². The van der Waals surface area contributed by atoms with Crippen molar-refractivity contribution in [1.29, 1.82) is 0 Å². The van der Waals surface area contributed by atoms with Crippen LogP contribution in [0, 0.1) is 0 Å². The Labute approximate surface area is 59.6 Å². The van der Waals surface area contributed by atoms with Gasteiger partial charge in [-0.2, -0.15) is 0 Å². The molecule has 4 nitrogen and oxygen atoms in total. The third kappa shape index (κ3) is 6.81. The Morgan fingerprint density at radius 2 is 2.30 bits per heavy atom. The third-order valence-electron chi connectivity index (χ3n) is 0.678. The fourth-order valence-electron chi connectivity index (χ4n) is 0.355. The number of hydrogen-bond acceptors (Lipinski definition) is 3. The van der Waals surface area contributed by atoms with Gasteiger partial charge in [-0.05, 0) is 6.92 Å². The highest BCUT2D eigenvalue weighted by atomic mass is 16.6. The molecule has 0 saturated carbocycles. The number of carbonyl (C=O) groups excluding carboxylic acids is 1. The second kappa shape index (κ2) is 5.94. The molecule has 0 aliphatic heterocycles. The predicted octanol–water partition coefficient (Wildman–Crippen LogP) is 0.632. The molecule has 2 N–H and O–H groups in total. The summed E-state index contributed by atoms with van der Waals surface area (Å²) in [7, 11) is 0. The van der Waals surface area contributed by atoms with Crippen LogP contribution < -0.4 is 5.73 Å². The van der Waals surface area contributed by atoms with Gasteiger partial charge in [-0.1, -0.05) is 6.08 Å². The Balaban J connectivity index is 2.98. The Morgan fingerprint density at radius 1 is 1.60 bits per heavy atom. The largest absolute Gasteiger partial charge is 0.498 e. The molecule has 58 valence electrons. The van der Waals surface area contributed by atoms with Crippen LogP contribution >= 0.6 is 0 Å². The first-order chi connectivity index (χ1) is 4.77. The standard InChI is InChI=1S/C6H11NO3/c1-2-3-9-4-5-10-6(7)8/h2-3H,4-5H2,1H3,(H2,7,8). The van der Waals surface area contributed by atoms with E-state index in [2.05, 4.69) is 10.5 Å². The number of amides is 1. The molecule has 0 unspecified atom stereocenters. The SMILES string of the molecule is CC=COCCOC(N)=O. The van der Waals surface area contributed by atoms with Gasteiger partial charge in [-0.3, -0.25) is 0 Å². The van der Waals surface area contributed by atoms with Crippen molar-refractivity contribution in [1.82, 2.24) is 0 Å². The lowest BCUT2D eigenvalue weighted by Gasteiger charge is -1.99. The van der Waals surface area contributed by atoms with Crippen molar-refractivity contribution in [2.24, 2.45) is 5.73 Å². The van der Waals surface area contributed by atoms with Crippen LogP contribution in [-0.4, -0.2) is 19.3 Å². The van der Waals surface area contributed by atoms with Gasteiger partial charge >= 0.3 is 6.09 Å². The quantitative estimate of drug-likeness (QED) is 0.466. The van der Waals surface area contributed by atoms with E-state index in [-0.39, 0.29) is 6.61 Å². The van der Waals surface area contributed by atoms with E-state index in [9.17, 15) is 4.79 Å². The Morgan fingerprint density at radius 3 is 2.80 bits per heavy atom. The van der Waals surface area contributed by atoms with Crippen LogP contribution in [0.1, 0.15) is 6.92 Å². The van der Waals surface area contributed by atoms with Crippen molar-refractivity contribution in [2.75, 3.05) is 13.2 Å². The molecule has 0 radical (unpaired) electrons. The second-order valence-corrected chi connectivity index (χ2v) is 1.51. The minimum Gasteiger partial charge on any atom is -0.498 e. The summed E-state index contributed by atoms with van der Waals surface area (Å²) in [6, 6.07) is 0. The van der Waals surface area contributed by atoms with Gasteiger partial charge in [-0.15, -0.1) is 0 Å². The lowest BCUT2D eigenvalue weighted by Crippen LogP contribution is -2.15. The van der Waals surface area contributed by atoms with Crippen molar-refractivity contribution < 1.29 is 14.3 Å². The molecule has 1 amide bonds. The molecule has 0 heterocycles. The summed E-state index contributed by atoms with van der Waals surface area (Å²) < 4.78 is 9.19. The minimum atomic E-state index is -0.774. The molecule has 0 saturated heterocycles. The van der Waals surface area contributed by atoms with Gasteiger partial charge in [0.25, 0.3) is 0 Å². The van der Waals surface area contributed by atoms with Gasteiger partial charge in [0.2, 0.25) is 0 Å². The number of ether oxygens (including phenoxy) is 2. The van der Waals surface area contributed by atoms with Crippen LogP contribution in [0.4, 0.5) is 4.79 Å². The highest BCUT2D eigenvalue weighted by Crippen LogP contribution is 1.78. The number of carbonyl (C=O) groups is 1. The number of nitrogens with two attached hydrogens (primary N) is 1. The minimum absolute atomic E-state index is 0.194. The van der Waals surface area contributed by atoms with Crippen LogP contribution in [0.2, 0.25) is 0 Å². The van der Waals surface area contributed by atoms with E-state index in [0.29, 0.717) is 6.61 Å². The fraction of sp³-hybridized carbons (Fsp3) is 0.500. The summed E-state index contributed by atoms with van der Waals surface area (Å²) in [5.74, 6) is 0. The highest BCUT2D eigenvalue weighted by molar-refractivity contribution is 5.64. The first-order valence-corrected chi connectivity index (χ1v) is 2.92. The normalized spacial score (nSPS) is 9.70. The summed E-state index contributed by atoms with van der Waals surface area (Å²) in [4.78, 5) is 9.96.